The van der Waals surface area contributed by atoms with Crippen molar-refractivity contribution < 1.29 is 0 Å². The van der Waals surface area contributed by atoms with Crippen LogP contribution in [0.5, 0.6) is 0 Å². The predicted molar refractivity (Wildman–Crippen MR) is 85.8 cm³/mol. The molecule has 20 heavy (non-hydrogen) atoms. The molecular formula is C19H21N. The van der Waals surface area contributed by atoms with Crippen molar-refractivity contribution in [2.24, 2.45) is 0 Å². The Bertz CT molecular complexity index is 623. The van der Waals surface area contributed by atoms with Crippen LogP contribution in [0.1, 0.15) is 23.1 Å². The van der Waals surface area contributed by atoms with Crippen LogP contribution in [0.15, 0.2) is 60.2 Å². The summed E-state index contributed by atoms with van der Waals surface area (Å²) in [5.41, 5.74) is 7.24. The molecule has 1 aliphatic carbocycles. The average molecular weight is 263 g/mol. The highest BCUT2D eigenvalue weighted by molar-refractivity contribution is 5.85. The van der Waals surface area contributed by atoms with Gasteiger partial charge >= 0.3 is 0 Å². The van der Waals surface area contributed by atoms with Gasteiger partial charge in [0.05, 0.1) is 0 Å². The fourth-order valence-electron chi connectivity index (χ4n) is 3.09. The smallest absolute Gasteiger partial charge is 0.0196 e. The number of fused-ring (bicyclic) bond motifs is 1. The van der Waals surface area contributed by atoms with Gasteiger partial charge in [-0.3, -0.25) is 0 Å². The van der Waals surface area contributed by atoms with Gasteiger partial charge in [-0.15, -0.1) is 0 Å². The van der Waals surface area contributed by atoms with Gasteiger partial charge in [0.1, 0.15) is 0 Å². The van der Waals surface area contributed by atoms with Crippen molar-refractivity contribution in [3.05, 3.63) is 76.9 Å². The fourth-order valence-corrected chi connectivity index (χ4v) is 3.09. The highest BCUT2D eigenvalue weighted by atomic mass is 15.0. The summed E-state index contributed by atoms with van der Waals surface area (Å²) in [4.78, 5) is 2.27. The van der Waals surface area contributed by atoms with Gasteiger partial charge in [-0.1, -0.05) is 54.6 Å². The van der Waals surface area contributed by atoms with Crippen molar-refractivity contribution in [2.75, 3.05) is 20.6 Å². The fraction of sp³-hybridized carbons (Fsp3) is 0.263. The Balaban J connectivity index is 2.17. The number of rotatable bonds is 3. The number of benzene rings is 2. The minimum atomic E-state index is 1.04. The summed E-state index contributed by atoms with van der Waals surface area (Å²) in [7, 11) is 4.30. The molecule has 0 bridgehead atoms. The van der Waals surface area contributed by atoms with Crippen molar-refractivity contribution in [3.8, 4) is 0 Å². The molecule has 0 fully saturated rings. The second kappa shape index (κ2) is 5.64. The maximum Gasteiger partial charge on any atom is 0.0196 e. The Hall–Kier alpha value is -1.86. The van der Waals surface area contributed by atoms with Gasteiger partial charge in [0, 0.05) is 6.54 Å². The molecule has 2 aromatic carbocycles. The monoisotopic (exact) mass is 263 g/mol. The van der Waals surface area contributed by atoms with E-state index in [0.29, 0.717) is 0 Å². The largest absolute Gasteiger partial charge is 0.305 e. The molecule has 0 unspecified atom stereocenters. The third-order valence-corrected chi connectivity index (χ3v) is 3.91. The van der Waals surface area contributed by atoms with Gasteiger partial charge < -0.3 is 4.90 Å². The molecule has 0 saturated heterocycles. The Morgan fingerprint density at radius 3 is 2.30 bits per heavy atom. The lowest BCUT2D eigenvalue weighted by molar-refractivity contribution is 0.439. The SMILES string of the molecule is CN(C)CC1=C(c2ccccc2)c2ccccc2CC1. The summed E-state index contributed by atoms with van der Waals surface area (Å²) in [5, 5.41) is 0. The minimum absolute atomic E-state index is 1.04. The number of hydrogen-bond donors (Lipinski definition) is 0. The van der Waals surface area contributed by atoms with Crippen LogP contribution in [0, 0.1) is 0 Å². The summed E-state index contributed by atoms with van der Waals surface area (Å²) in [6.07, 6.45) is 2.33. The second-order valence-electron chi connectivity index (χ2n) is 5.74. The van der Waals surface area contributed by atoms with E-state index in [0.717, 1.165) is 13.0 Å². The van der Waals surface area contributed by atoms with Crippen molar-refractivity contribution >= 4 is 5.57 Å². The van der Waals surface area contributed by atoms with Crippen LogP contribution in [0.3, 0.4) is 0 Å². The van der Waals surface area contributed by atoms with Crippen LogP contribution < -0.4 is 0 Å². The molecular weight excluding hydrogens is 242 g/mol. The summed E-state index contributed by atoms with van der Waals surface area (Å²) >= 11 is 0. The summed E-state index contributed by atoms with van der Waals surface area (Å²) < 4.78 is 0. The first-order valence-electron chi connectivity index (χ1n) is 7.26. The summed E-state index contributed by atoms with van der Waals surface area (Å²) in [6, 6.07) is 19.7. The third kappa shape index (κ3) is 2.54. The maximum absolute atomic E-state index is 2.27. The van der Waals surface area contributed by atoms with Gasteiger partial charge in [-0.25, -0.2) is 0 Å². The molecule has 1 nitrogen and oxygen atoms in total. The van der Waals surface area contributed by atoms with Crippen molar-refractivity contribution in [1.82, 2.24) is 4.90 Å². The molecule has 0 N–H and O–H groups in total. The van der Waals surface area contributed by atoms with Gasteiger partial charge in [-0.2, -0.15) is 0 Å². The minimum Gasteiger partial charge on any atom is -0.305 e. The van der Waals surface area contributed by atoms with Crippen LogP contribution in [0.25, 0.3) is 5.57 Å². The molecule has 1 aliphatic rings. The molecule has 0 heterocycles. The first-order chi connectivity index (χ1) is 9.75. The molecule has 2 aromatic rings. The second-order valence-corrected chi connectivity index (χ2v) is 5.74. The lowest BCUT2D eigenvalue weighted by Gasteiger charge is -2.26. The zero-order chi connectivity index (χ0) is 13.9. The first-order valence-corrected chi connectivity index (χ1v) is 7.26. The van der Waals surface area contributed by atoms with E-state index >= 15 is 0 Å². The van der Waals surface area contributed by atoms with E-state index in [-0.39, 0.29) is 0 Å². The summed E-state index contributed by atoms with van der Waals surface area (Å²) in [6.45, 7) is 1.04. The van der Waals surface area contributed by atoms with Crippen molar-refractivity contribution in [3.63, 3.8) is 0 Å². The Morgan fingerprint density at radius 1 is 0.850 bits per heavy atom. The molecule has 102 valence electrons. The lowest BCUT2D eigenvalue weighted by atomic mass is 9.82. The zero-order valence-electron chi connectivity index (χ0n) is 12.3. The molecule has 3 rings (SSSR count). The Morgan fingerprint density at radius 2 is 1.55 bits per heavy atom. The maximum atomic E-state index is 2.27. The summed E-state index contributed by atoms with van der Waals surface area (Å²) in [5.74, 6) is 0. The number of likely N-dealkylation sites (N-methyl/N-ethyl adjacent to an activating group) is 1. The highest BCUT2D eigenvalue weighted by Gasteiger charge is 2.19. The van der Waals surface area contributed by atoms with Gasteiger partial charge in [-0.05, 0) is 54.8 Å². The number of hydrogen-bond acceptors (Lipinski definition) is 1. The standard InChI is InChI=1S/C19H21N/c1-20(2)14-17-13-12-15-8-6-7-11-18(15)19(17)16-9-4-3-5-10-16/h3-11H,12-14H2,1-2H3. The van der Waals surface area contributed by atoms with E-state index < -0.39 is 0 Å². The number of nitrogens with zero attached hydrogens (tertiary/aromatic N) is 1. The van der Waals surface area contributed by atoms with Gasteiger partial charge in [0.25, 0.3) is 0 Å². The van der Waals surface area contributed by atoms with Crippen molar-refractivity contribution in [2.45, 2.75) is 12.8 Å². The molecule has 0 saturated carbocycles. The molecule has 1 heteroatoms. The van der Waals surface area contributed by atoms with E-state index in [1.54, 1.807) is 5.57 Å². The van der Waals surface area contributed by atoms with E-state index in [4.69, 9.17) is 0 Å². The highest BCUT2D eigenvalue weighted by Crippen LogP contribution is 2.36. The lowest BCUT2D eigenvalue weighted by Crippen LogP contribution is -2.19. The van der Waals surface area contributed by atoms with E-state index in [1.807, 2.05) is 0 Å². The van der Waals surface area contributed by atoms with Crippen LogP contribution in [0.4, 0.5) is 0 Å². The Labute approximate surface area is 121 Å². The molecule has 0 radical (unpaired) electrons. The first kappa shape index (κ1) is 13.1. The van der Waals surface area contributed by atoms with Crippen LogP contribution in [-0.4, -0.2) is 25.5 Å². The van der Waals surface area contributed by atoms with E-state index in [9.17, 15) is 0 Å². The van der Waals surface area contributed by atoms with Gasteiger partial charge in [0.15, 0.2) is 0 Å². The van der Waals surface area contributed by atoms with Gasteiger partial charge in [0.2, 0.25) is 0 Å². The predicted octanol–water partition coefficient (Wildman–Crippen LogP) is 4.00. The Kier molecular flexibility index (Phi) is 3.70. The van der Waals surface area contributed by atoms with Crippen LogP contribution in [0.2, 0.25) is 0 Å². The molecule has 0 amide bonds. The van der Waals surface area contributed by atoms with E-state index in [2.05, 4.69) is 73.6 Å². The molecule has 0 aromatic heterocycles. The third-order valence-electron chi connectivity index (χ3n) is 3.91. The number of aryl methyl sites for hydroxylation is 1. The molecule has 0 atom stereocenters. The normalized spacial score (nSPS) is 14.6. The molecule has 0 spiro atoms. The van der Waals surface area contributed by atoms with Crippen LogP contribution >= 0.6 is 0 Å². The quantitative estimate of drug-likeness (QED) is 0.809. The van der Waals surface area contributed by atoms with E-state index in [1.165, 1.54) is 28.7 Å². The van der Waals surface area contributed by atoms with Crippen molar-refractivity contribution in [1.29, 1.82) is 0 Å². The van der Waals surface area contributed by atoms with Crippen LogP contribution in [-0.2, 0) is 6.42 Å². The average Bonchev–Trinajstić information content (AvgIpc) is 2.47. The molecule has 0 aliphatic heterocycles. The topological polar surface area (TPSA) is 3.24 Å². The zero-order valence-corrected chi connectivity index (χ0v) is 12.3.